The molecule has 3 aromatic rings. The molecule has 0 spiro atoms. The zero-order chi connectivity index (χ0) is 29.0. The lowest BCUT2D eigenvalue weighted by atomic mass is 10.1. The number of rotatable bonds is 15. The predicted molar refractivity (Wildman–Crippen MR) is 161 cm³/mol. The Balaban J connectivity index is 1.28. The number of aryl methyl sites for hydroxylation is 1. The number of halogens is 1. The van der Waals surface area contributed by atoms with Crippen LogP contribution in [0.25, 0.3) is 0 Å². The van der Waals surface area contributed by atoms with Crippen LogP contribution in [0.5, 0.6) is 5.75 Å². The molecule has 0 unspecified atom stereocenters. The van der Waals surface area contributed by atoms with Crippen LogP contribution in [0.15, 0.2) is 71.6 Å². The minimum absolute atomic E-state index is 0.157. The van der Waals surface area contributed by atoms with Crippen LogP contribution in [0, 0.1) is 6.92 Å². The monoisotopic (exact) mass is 584 g/mol. The van der Waals surface area contributed by atoms with Crippen molar-refractivity contribution in [3.63, 3.8) is 0 Å². The van der Waals surface area contributed by atoms with Crippen molar-refractivity contribution in [1.82, 2.24) is 0 Å². The molecule has 0 radical (unpaired) electrons. The van der Waals surface area contributed by atoms with Gasteiger partial charge in [0.1, 0.15) is 5.75 Å². The number of sulfone groups is 1. The van der Waals surface area contributed by atoms with E-state index < -0.39 is 9.84 Å². The highest BCUT2D eigenvalue weighted by molar-refractivity contribution is 7.91. The Bertz CT molecular complexity index is 1380. The number of phenols is 1. The summed E-state index contributed by atoms with van der Waals surface area (Å²) in [4.78, 5) is 25.1. The first-order valence-corrected chi connectivity index (χ1v) is 15.7. The van der Waals surface area contributed by atoms with E-state index in [0.717, 1.165) is 50.5 Å². The molecular weight excluding hydrogens is 548 g/mol. The molecule has 9 heteroatoms. The van der Waals surface area contributed by atoms with E-state index in [0.29, 0.717) is 23.3 Å². The Labute approximate surface area is 241 Å². The molecule has 3 rings (SSSR count). The number of hydrogen-bond donors (Lipinski definition) is 3. The van der Waals surface area contributed by atoms with Crippen molar-refractivity contribution >= 4 is 44.6 Å². The highest BCUT2D eigenvalue weighted by atomic mass is 35.5. The first kappa shape index (κ1) is 31.2. The molecule has 40 heavy (non-hydrogen) atoms. The average molecular weight is 585 g/mol. The number of aromatic hydroxyl groups is 1. The summed E-state index contributed by atoms with van der Waals surface area (Å²) < 4.78 is 24.8. The smallest absolute Gasteiger partial charge is 0.255 e. The molecule has 3 aromatic carbocycles. The van der Waals surface area contributed by atoms with Crippen molar-refractivity contribution in [2.75, 3.05) is 16.4 Å². The molecule has 0 aliphatic carbocycles. The topological polar surface area (TPSA) is 113 Å². The summed E-state index contributed by atoms with van der Waals surface area (Å²) in [6.07, 6.45) is 7.61. The third kappa shape index (κ3) is 9.99. The van der Waals surface area contributed by atoms with E-state index in [1.807, 2.05) is 19.1 Å². The lowest BCUT2D eigenvalue weighted by Gasteiger charge is -2.12. The molecule has 0 heterocycles. The van der Waals surface area contributed by atoms with Gasteiger partial charge in [0, 0.05) is 18.1 Å². The van der Waals surface area contributed by atoms with Crippen molar-refractivity contribution in [2.24, 2.45) is 0 Å². The summed E-state index contributed by atoms with van der Waals surface area (Å²) in [5.74, 6) is -0.596. The Hall–Kier alpha value is -3.36. The molecular formula is C31H37ClN2O5S. The average Bonchev–Trinajstić information content (AvgIpc) is 2.93. The second kappa shape index (κ2) is 15.4. The number of phenolic OH excluding ortho intramolecular Hbond substituents is 1. The minimum atomic E-state index is -3.21. The number of benzene rings is 3. The van der Waals surface area contributed by atoms with Crippen molar-refractivity contribution in [2.45, 2.75) is 69.6 Å². The molecule has 2 amide bonds. The second-order valence-electron chi connectivity index (χ2n) is 9.93. The van der Waals surface area contributed by atoms with E-state index in [1.54, 1.807) is 42.5 Å². The molecule has 0 saturated heterocycles. The summed E-state index contributed by atoms with van der Waals surface area (Å²) in [5.41, 5.74) is 1.93. The highest BCUT2D eigenvalue weighted by Crippen LogP contribution is 2.34. The van der Waals surface area contributed by atoms with Gasteiger partial charge in [0.05, 0.1) is 27.0 Å². The normalized spacial score (nSPS) is 11.2. The molecule has 0 fully saturated rings. The summed E-state index contributed by atoms with van der Waals surface area (Å²) in [6.45, 7) is 1.94. The zero-order valence-electron chi connectivity index (χ0n) is 22.8. The van der Waals surface area contributed by atoms with E-state index in [1.165, 1.54) is 12.1 Å². The lowest BCUT2D eigenvalue weighted by Crippen LogP contribution is -2.13. The van der Waals surface area contributed by atoms with Gasteiger partial charge in [-0.1, -0.05) is 86.0 Å². The maximum Gasteiger partial charge on any atom is 0.255 e. The van der Waals surface area contributed by atoms with Crippen LogP contribution in [0.1, 0.15) is 73.7 Å². The summed E-state index contributed by atoms with van der Waals surface area (Å²) in [7, 11) is -3.21. The Morgan fingerprint density at radius 1 is 0.775 bits per heavy atom. The number of hydrogen-bond acceptors (Lipinski definition) is 5. The largest absolute Gasteiger partial charge is 0.506 e. The van der Waals surface area contributed by atoms with Gasteiger partial charge in [0.15, 0.2) is 9.84 Å². The van der Waals surface area contributed by atoms with E-state index in [2.05, 4.69) is 10.6 Å². The van der Waals surface area contributed by atoms with Crippen LogP contribution in [0.2, 0.25) is 5.02 Å². The Morgan fingerprint density at radius 3 is 2.02 bits per heavy atom. The SMILES string of the molecule is Cc1ccc(S(=O)(=O)CCCCCCCCCCC(=O)Nc2cc(O)c(NC(=O)c3ccccc3)cc2Cl)cc1. The number of unbranched alkanes of at least 4 members (excludes halogenated alkanes) is 7. The van der Waals surface area contributed by atoms with E-state index >= 15 is 0 Å². The van der Waals surface area contributed by atoms with Crippen LogP contribution in [-0.2, 0) is 14.6 Å². The molecule has 214 valence electrons. The van der Waals surface area contributed by atoms with Crippen LogP contribution in [0.3, 0.4) is 0 Å². The third-order valence-electron chi connectivity index (χ3n) is 6.59. The number of nitrogens with one attached hydrogen (secondary N) is 2. The number of carbonyl (C=O) groups excluding carboxylic acids is 2. The fourth-order valence-electron chi connectivity index (χ4n) is 4.26. The van der Waals surface area contributed by atoms with Crippen molar-refractivity contribution < 1.29 is 23.1 Å². The van der Waals surface area contributed by atoms with E-state index in [-0.39, 0.29) is 39.7 Å². The van der Waals surface area contributed by atoms with Crippen molar-refractivity contribution in [3.8, 4) is 5.75 Å². The second-order valence-corrected chi connectivity index (χ2v) is 12.4. The van der Waals surface area contributed by atoms with Crippen LogP contribution in [0.4, 0.5) is 11.4 Å². The lowest BCUT2D eigenvalue weighted by molar-refractivity contribution is -0.116. The zero-order valence-corrected chi connectivity index (χ0v) is 24.4. The molecule has 0 aliphatic rings. The number of carbonyl (C=O) groups is 2. The first-order valence-electron chi connectivity index (χ1n) is 13.6. The molecule has 0 saturated carbocycles. The maximum absolute atomic E-state index is 12.4. The fourth-order valence-corrected chi connectivity index (χ4v) is 5.84. The third-order valence-corrected chi connectivity index (χ3v) is 8.72. The summed E-state index contributed by atoms with van der Waals surface area (Å²) in [5, 5.41) is 15.9. The maximum atomic E-state index is 12.4. The first-order chi connectivity index (χ1) is 19.2. The highest BCUT2D eigenvalue weighted by Gasteiger charge is 2.15. The van der Waals surface area contributed by atoms with Crippen LogP contribution >= 0.6 is 11.6 Å². The van der Waals surface area contributed by atoms with Gasteiger partial charge in [-0.3, -0.25) is 9.59 Å². The van der Waals surface area contributed by atoms with Crippen LogP contribution < -0.4 is 10.6 Å². The Kier molecular flexibility index (Phi) is 12.0. The van der Waals surface area contributed by atoms with E-state index in [9.17, 15) is 23.1 Å². The predicted octanol–water partition coefficient (Wildman–Crippen LogP) is 7.53. The van der Waals surface area contributed by atoms with E-state index in [4.69, 9.17) is 11.6 Å². The standard InChI is InChI=1S/C31H37ClN2O5S/c1-23-16-18-25(19-17-23)40(38,39)20-12-7-5-3-2-4-6-11-15-30(36)33-27-22-29(35)28(21-26(27)32)34-31(37)24-13-9-8-10-14-24/h8-10,13-14,16-19,21-22,35H,2-7,11-12,15,20H2,1H3,(H,33,36)(H,34,37). The number of anilines is 2. The summed E-state index contributed by atoms with van der Waals surface area (Å²) in [6, 6.07) is 18.3. The summed E-state index contributed by atoms with van der Waals surface area (Å²) >= 11 is 6.28. The van der Waals surface area contributed by atoms with Crippen molar-refractivity contribution in [3.05, 3.63) is 82.9 Å². The van der Waals surface area contributed by atoms with Gasteiger partial charge in [-0.25, -0.2) is 8.42 Å². The van der Waals surface area contributed by atoms with Gasteiger partial charge < -0.3 is 15.7 Å². The van der Waals surface area contributed by atoms with Gasteiger partial charge in [-0.2, -0.15) is 0 Å². The molecule has 7 nitrogen and oxygen atoms in total. The Morgan fingerprint density at radius 2 is 1.38 bits per heavy atom. The van der Waals surface area contributed by atoms with Gasteiger partial charge in [-0.05, 0) is 50.1 Å². The molecule has 3 N–H and O–H groups in total. The molecule has 0 aliphatic heterocycles. The van der Waals surface area contributed by atoms with Gasteiger partial charge in [0.2, 0.25) is 5.91 Å². The van der Waals surface area contributed by atoms with Gasteiger partial charge in [-0.15, -0.1) is 0 Å². The van der Waals surface area contributed by atoms with Crippen molar-refractivity contribution in [1.29, 1.82) is 0 Å². The quantitative estimate of drug-likeness (QED) is 0.126. The number of amides is 2. The minimum Gasteiger partial charge on any atom is -0.506 e. The van der Waals surface area contributed by atoms with Crippen LogP contribution in [-0.4, -0.2) is 31.1 Å². The van der Waals surface area contributed by atoms with Gasteiger partial charge in [0.25, 0.3) is 5.91 Å². The molecule has 0 bridgehead atoms. The van der Waals surface area contributed by atoms with Gasteiger partial charge >= 0.3 is 0 Å². The fraction of sp³-hybridized carbons (Fsp3) is 0.355. The molecule has 0 aromatic heterocycles. The molecule has 0 atom stereocenters.